The molecule has 1 aliphatic carbocycles. The standard InChI is InChI=1S/C16H27N3OS/c1-3-8-17-13-6-5-7-14-15(13)21-16(18-14)19-9-10-20-11-12(19)4-2/h12-13,17H,3-11H2,1-2H3. The molecule has 1 N–H and O–H groups in total. The van der Waals surface area contributed by atoms with Gasteiger partial charge in [0.2, 0.25) is 0 Å². The van der Waals surface area contributed by atoms with E-state index in [1.54, 1.807) is 0 Å². The van der Waals surface area contributed by atoms with Crippen molar-refractivity contribution in [1.29, 1.82) is 0 Å². The van der Waals surface area contributed by atoms with Crippen LogP contribution in [-0.4, -0.2) is 37.3 Å². The molecule has 1 saturated heterocycles. The van der Waals surface area contributed by atoms with E-state index in [4.69, 9.17) is 9.72 Å². The van der Waals surface area contributed by atoms with Crippen molar-refractivity contribution in [2.45, 2.75) is 58.0 Å². The summed E-state index contributed by atoms with van der Waals surface area (Å²) in [5, 5.41) is 4.92. The molecule has 2 atom stereocenters. The smallest absolute Gasteiger partial charge is 0.186 e. The summed E-state index contributed by atoms with van der Waals surface area (Å²) < 4.78 is 5.62. The Kier molecular flexibility index (Phi) is 5.14. The van der Waals surface area contributed by atoms with Crippen LogP contribution >= 0.6 is 11.3 Å². The molecule has 1 fully saturated rings. The maximum Gasteiger partial charge on any atom is 0.186 e. The van der Waals surface area contributed by atoms with Crippen LogP contribution in [0.3, 0.4) is 0 Å². The highest BCUT2D eigenvalue weighted by molar-refractivity contribution is 7.15. The van der Waals surface area contributed by atoms with Gasteiger partial charge in [-0.15, -0.1) is 0 Å². The van der Waals surface area contributed by atoms with E-state index < -0.39 is 0 Å². The minimum absolute atomic E-state index is 0.494. The summed E-state index contributed by atoms with van der Waals surface area (Å²) in [5.74, 6) is 0. The molecule has 1 aromatic heterocycles. The number of rotatable bonds is 5. The van der Waals surface area contributed by atoms with Crippen molar-refractivity contribution >= 4 is 16.5 Å². The van der Waals surface area contributed by atoms with E-state index in [0.717, 1.165) is 39.1 Å². The second-order valence-electron chi connectivity index (χ2n) is 6.04. The van der Waals surface area contributed by atoms with Crippen LogP contribution < -0.4 is 10.2 Å². The number of ether oxygens (including phenoxy) is 1. The zero-order chi connectivity index (χ0) is 14.7. The molecule has 0 aromatic carbocycles. The highest BCUT2D eigenvalue weighted by Crippen LogP contribution is 2.38. The van der Waals surface area contributed by atoms with Gasteiger partial charge in [0.05, 0.1) is 24.9 Å². The topological polar surface area (TPSA) is 37.4 Å². The summed E-state index contributed by atoms with van der Waals surface area (Å²) in [4.78, 5) is 8.95. The van der Waals surface area contributed by atoms with Crippen molar-refractivity contribution in [2.75, 3.05) is 31.2 Å². The van der Waals surface area contributed by atoms with E-state index in [-0.39, 0.29) is 0 Å². The maximum atomic E-state index is 5.62. The van der Waals surface area contributed by atoms with Crippen molar-refractivity contribution in [3.05, 3.63) is 10.6 Å². The molecule has 0 amide bonds. The fraction of sp³-hybridized carbons (Fsp3) is 0.812. The number of morpholine rings is 1. The molecule has 0 bridgehead atoms. The Labute approximate surface area is 131 Å². The Balaban J connectivity index is 1.80. The fourth-order valence-corrected chi connectivity index (χ4v) is 4.61. The van der Waals surface area contributed by atoms with Crippen LogP contribution in [0.15, 0.2) is 0 Å². The molecule has 118 valence electrons. The normalized spacial score (nSPS) is 25.9. The van der Waals surface area contributed by atoms with E-state index in [9.17, 15) is 0 Å². The fourth-order valence-electron chi connectivity index (χ4n) is 3.29. The van der Waals surface area contributed by atoms with Crippen molar-refractivity contribution in [2.24, 2.45) is 0 Å². The third kappa shape index (κ3) is 3.25. The first-order valence-corrected chi connectivity index (χ1v) is 9.22. The molecule has 0 radical (unpaired) electrons. The van der Waals surface area contributed by atoms with Crippen molar-refractivity contribution in [3.63, 3.8) is 0 Å². The molecule has 0 saturated carbocycles. The van der Waals surface area contributed by atoms with Crippen LogP contribution in [0.5, 0.6) is 0 Å². The number of anilines is 1. The van der Waals surface area contributed by atoms with Gasteiger partial charge >= 0.3 is 0 Å². The van der Waals surface area contributed by atoms with E-state index in [1.807, 2.05) is 11.3 Å². The molecule has 2 heterocycles. The molecule has 3 rings (SSSR count). The first kappa shape index (κ1) is 15.3. The average molecular weight is 309 g/mol. The monoisotopic (exact) mass is 309 g/mol. The van der Waals surface area contributed by atoms with Gasteiger partial charge in [-0.1, -0.05) is 25.2 Å². The lowest BCUT2D eigenvalue weighted by atomic mass is 9.98. The number of thiazole rings is 1. The Morgan fingerprint density at radius 2 is 2.33 bits per heavy atom. The molecule has 21 heavy (non-hydrogen) atoms. The van der Waals surface area contributed by atoms with Crippen LogP contribution in [-0.2, 0) is 11.2 Å². The van der Waals surface area contributed by atoms with Crippen LogP contribution in [0.25, 0.3) is 0 Å². The molecule has 2 aliphatic rings. The Bertz CT molecular complexity index is 462. The predicted octanol–water partition coefficient (Wildman–Crippen LogP) is 3.14. The summed E-state index contributed by atoms with van der Waals surface area (Å²) >= 11 is 1.92. The van der Waals surface area contributed by atoms with Gasteiger partial charge in [-0.25, -0.2) is 4.98 Å². The lowest BCUT2D eigenvalue weighted by Gasteiger charge is -2.34. The Morgan fingerprint density at radius 1 is 1.43 bits per heavy atom. The quantitative estimate of drug-likeness (QED) is 0.907. The van der Waals surface area contributed by atoms with Gasteiger partial charge in [0.15, 0.2) is 5.13 Å². The number of aryl methyl sites for hydroxylation is 1. The van der Waals surface area contributed by atoms with Crippen LogP contribution in [0, 0.1) is 0 Å². The Morgan fingerprint density at radius 3 is 3.14 bits per heavy atom. The van der Waals surface area contributed by atoms with Crippen LogP contribution in [0.1, 0.15) is 56.1 Å². The molecule has 4 nitrogen and oxygen atoms in total. The van der Waals surface area contributed by atoms with Crippen molar-refractivity contribution < 1.29 is 4.74 Å². The summed E-state index contributed by atoms with van der Waals surface area (Å²) in [6, 6.07) is 1.02. The number of nitrogens with zero attached hydrogens (tertiary/aromatic N) is 2. The minimum atomic E-state index is 0.494. The number of aromatic nitrogens is 1. The van der Waals surface area contributed by atoms with Crippen molar-refractivity contribution in [3.8, 4) is 0 Å². The first-order chi connectivity index (χ1) is 10.3. The summed E-state index contributed by atoms with van der Waals surface area (Å²) in [5.41, 5.74) is 1.34. The number of hydrogen-bond acceptors (Lipinski definition) is 5. The first-order valence-electron chi connectivity index (χ1n) is 8.40. The second-order valence-corrected chi connectivity index (χ2v) is 7.05. The summed E-state index contributed by atoms with van der Waals surface area (Å²) in [6.07, 6.45) is 5.99. The number of fused-ring (bicyclic) bond motifs is 1. The zero-order valence-electron chi connectivity index (χ0n) is 13.2. The molecular weight excluding hydrogens is 282 g/mol. The largest absolute Gasteiger partial charge is 0.377 e. The molecule has 0 spiro atoms. The van der Waals surface area contributed by atoms with Gasteiger partial charge in [-0.3, -0.25) is 0 Å². The lowest BCUT2D eigenvalue weighted by Crippen LogP contribution is -2.45. The lowest BCUT2D eigenvalue weighted by molar-refractivity contribution is 0.0929. The molecule has 5 heteroatoms. The Hall–Kier alpha value is -0.650. The van der Waals surface area contributed by atoms with Gasteiger partial charge in [-0.05, 0) is 38.6 Å². The molecular formula is C16H27N3OS. The van der Waals surface area contributed by atoms with Gasteiger partial charge in [0.25, 0.3) is 0 Å². The molecule has 1 aliphatic heterocycles. The number of nitrogens with one attached hydrogen (secondary N) is 1. The van der Waals surface area contributed by atoms with E-state index in [2.05, 4.69) is 24.1 Å². The van der Waals surface area contributed by atoms with E-state index in [1.165, 1.54) is 35.0 Å². The third-order valence-corrected chi connectivity index (χ3v) is 5.77. The zero-order valence-corrected chi connectivity index (χ0v) is 14.0. The van der Waals surface area contributed by atoms with Crippen LogP contribution in [0.2, 0.25) is 0 Å². The van der Waals surface area contributed by atoms with Crippen molar-refractivity contribution in [1.82, 2.24) is 10.3 Å². The molecule has 2 unspecified atom stereocenters. The maximum absolute atomic E-state index is 5.62. The highest BCUT2D eigenvalue weighted by Gasteiger charge is 2.29. The van der Waals surface area contributed by atoms with E-state index >= 15 is 0 Å². The summed E-state index contributed by atoms with van der Waals surface area (Å²) in [6.45, 7) is 8.24. The minimum Gasteiger partial charge on any atom is -0.377 e. The SMILES string of the molecule is CCCNC1CCCc2nc(N3CCOCC3CC)sc21. The highest BCUT2D eigenvalue weighted by atomic mass is 32.1. The van der Waals surface area contributed by atoms with Gasteiger partial charge in [-0.2, -0.15) is 0 Å². The third-order valence-electron chi connectivity index (χ3n) is 4.52. The summed E-state index contributed by atoms with van der Waals surface area (Å²) in [7, 11) is 0. The van der Waals surface area contributed by atoms with Crippen LogP contribution in [0.4, 0.5) is 5.13 Å². The van der Waals surface area contributed by atoms with Gasteiger partial charge < -0.3 is 15.0 Å². The molecule has 1 aromatic rings. The predicted molar refractivity (Wildman–Crippen MR) is 88.3 cm³/mol. The number of hydrogen-bond donors (Lipinski definition) is 1. The average Bonchev–Trinajstić information content (AvgIpc) is 2.97. The second kappa shape index (κ2) is 7.07. The van der Waals surface area contributed by atoms with E-state index in [0.29, 0.717) is 12.1 Å². The van der Waals surface area contributed by atoms with Gasteiger partial charge in [0, 0.05) is 17.5 Å². The van der Waals surface area contributed by atoms with Gasteiger partial charge in [0.1, 0.15) is 0 Å².